The lowest BCUT2D eigenvalue weighted by molar-refractivity contribution is -0.138. The van der Waals surface area contributed by atoms with Crippen LogP contribution in [-0.4, -0.2) is 40.8 Å². The first-order chi connectivity index (χ1) is 9.57. The van der Waals surface area contributed by atoms with Crippen molar-refractivity contribution in [2.75, 3.05) is 19.5 Å². The van der Waals surface area contributed by atoms with Crippen LogP contribution in [-0.2, 0) is 4.79 Å². The molecular formula is C13H19N3O4. The van der Waals surface area contributed by atoms with Gasteiger partial charge in [-0.25, -0.2) is 0 Å². The van der Waals surface area contributed by atoms with Crippen molar-refractivity contribution in [2.24, 2.45) is 0 Å². The predicted octanol–water partition coefficient (Wildman–Crippen LogP) is 1.69. The monoisotopic (exact) mass is 281 g/mol. The summed E-state index contributed by atoms with van der Waals surface area (Å²) in [6.07, 6.45) is 3.64. The van der Waals surface area contributed by atoms with E-state index in [1.807, 2.05) is 0 Å². The fourth-order valence-electron chi connectivity index (χ4n) is 2.59. The van der Waals surface area contributed by atoms with Gasteiger partial charge in [0.05, 0.1) is 32.2 Å². The van der Waals surface area contributed by atoms with Crippen LogP contribution < -0.4 is 14.8 Å². The fourth-order valence-corrected chi connectivity index (χ4v) is 2.59. The number of ether oxygens (including phenoxy) is 2. The zero-order valence-electron chi connectivity index (χ0n) is 11.7. The maximum atomic E-state index is 11.1. The Hall–Kier alpha value is -2.05. The lowest BCUT2D eigenvalue weighted by Crippen LogP contribution is -2.38. The van der Waals surface area contributed by atoms with Crippen molar-refractivity contribution in [3.8, 4) is 11.8 Å². The standard InChI is InChI=1S/C13H19N3O4/c1-19-9-7-10(20-2)15-12(14-9)16-13(8-11(17)18)5-3-4-6-13/h7H,3-6,8H2,1-2H3,(H,17,18)(H,14,15,16). The molecule has 1 heterocycles. The van der Waals surface area contributed by atoms with Crippen LogP contribution in [0.15, 0.2) is 6.07 Å². The number of anilines is 1. The number of aromatic nitrogens is 2. The molecular weight excluding hydrogens is 262 g/mol. The molecule has 1 aliphatic carbocycles. The van der Waals surface area contributed by atoms with Crippen molar-refractivity contribution in [3.05, 3.63) is 6.07 Å². The van der Waals surface area contributed by atoms with Gasteiger partial charge >= 0.3 is 5.97 Å². The third kappa shape index (κ3) is 3.28. The van der Waals surface area contributed by atoms with Gasteiger partial charge in [-0.15, -0.1) is 0 Å². The van der Waals surface area contributed by atoms with Crippen LogP contribution in [0, 0.1) is 0 Å². The number of nitrogens with one attached hydrogen (secondary N) is 1. The van der Waals surface area contributed by atoms with E-state index in [0.29, 0.717) is 17.7 Å². The number of carboxylic acids is 1. The Bertz CT molecular complexity index is 464. The molecule has 1 aliphatic rings. The third-order valence-corrected chi connectivity index (χ3v) is 3.52. The molecule has 1 aromatic heterocycles. The van der Waals surface area contributed by atoms with E-state index >= 15 is 0 Å². The van der Waals surface area contributed by atoms with Gasteiger partial charge in [0.25, 0.3) is 0 Å². The van der Waals surface area contributed by atoms with Crippen molar-refractivity contribution >= 4 is 11.9 Å². The first kappa shape index (κ1) is 14.4. The van der Waals surface area contributed by atoms with Crippen LogP contribution in [0.4, 0.5) is 5.95 Å². The number of hydrogen-bond acceptors (Lipinski definition) is 6. The second kappa shape index (κ2) is 5.94. The first-order valence-electron chi connectivity index (χ1n) is 6.54. The van der Waals surface area contributed by atoms with E-state index in [-0.39, 0.29) is 6.42 Å². The molecule has 0 amide bonds. The number of carbonyl (C=O) groups is 1. The molecule has 7 nitrogen and oxygen atoms in total. The first-order valence-corrected chi connectivity index (χ1v) is 6.54. The summed E-state index contributed by atoms with van der Waals surface area (Å²) in [6.45, 7) is 0. The molecule has 0 aliphatic heterocycles. The minimum Gasteiger partial charge on any atom is -0.481 e. The van der Waals surface area contributed by atoms with Gasteiger partial charge < -0.3 is 19.9 Å². The lowest BCUT2D eigenvalue weighted by atomic mass is 9.93. The Balaban J connectivity index is 2.24. The molecule has 7 heteroatoms. The van der Waals surface area contributed by atoms with Crippen LogP contribution in [0.3, 0.4) is 0 Å². The topological polar surface area (TPSA) is 93.6 Å². The molecule has 0 radical (unpaired) electrons. The fraction of sp³-hybridized carbons (Fsp3) is 0.615. The van der Waals surface area contributed by atoms with E-state index in [0.717, 1.165) is 25.7 Å². The van der Waals surface area contributed by atoms with Crippen molar-refractivity contribution in [1.29, 1.82) is 0 Å². The number of rotatable bonds is 6. The molecule has 0 aromatic carbocycles. The number of aliphatic carboxylic acids is 1. The van der Waals surface area contributed by atoms with E-state index in [1.54, 1.807) is 6.07 Å². The number of hydrogen-bond donors (Lipinski definition) is 2. The normalized spacial score (nSPS) is 16.7. The predicted molar refractivity (Wildman–Crippen MR) is 72.2 cm³/mol. The van der Waals surface area contributed by atoms with E-state index < -0.39 is 11.5 Å². The average molecular weight is 281 g/mol. The maximum absolute atomic E-state index is 11.1. The molecule has 20 heavy (non-hydrogen) atoms. The molecule has 1 fully saturated rings. The van der Waals surface area contributed by atoms with E-state index in [4.69, 9.17) is 14.6 Å². The lowest BCUT2D eigenvalue weighted by Gasteiger charge is -2.28. The van der Waals surface area contributed by atoms with Crippen molar-refractivity contribution < 1.29 is 19.4 Å². The number of nitrogens with zero attached hydrogens (tertiary/aromatic N) is 2. The molecule has 0 spiro atoms. The minimum atomic E-state index is -0.825. The van der Waals surface area contributed by atoms with Gasteiger partial charge in [0.2, 0.25) is 17.7 Å². The zero-order chi connectivity index (χ0) is 14.6. The zero-order valence-corrected chi connectivity index (χ0v) is 11.7. The van der Waals surface area contributed by atoms with Crippen LogP contribution in [0.2, 0.25) is 0 Å². The van der Waals surface area contributed by atoms with Crippen LogP contribution in [0.5, 0.6) is 11.8 Å². The van der Waals surface area contributed by atoms with E-state index in [9.17, 15) is 4.79 Å². The average Bonchev–Trinajstić information content (AvgIpc) is 2.85. The molecule has 1 saturated carbocycles. The molecule has 2 rings (SSSR count). The van der Waals surface area contributed by atoms with Gasteiger partial charge in [0.15, 0.2) is 0 Å². The summed E-state index contributed by atoms with van der Waals surface area (Å²) >= 11 is 0. The summed E-state index contributed by atoms with van der Waals surface area (Å²) in [5, 5.41) is 12.3. The smallest absolute Gasteiger partial charge is 0.305 e. The highest BCUT2D eigenvalue weighted by molar-refractivity contribution is 5.69. The van der Waals surface area contributed by atoms with Crippen molar-refractivity contribution in [1.82, 2.24) is 9.97 Å². The third-order valence-electron chi connectivity index (χ3n) is 3.52. The molecule has 110 valence electrons. The highest BCUT2D eigenvalue weighted by atomic mass is 16.5. The van der Waals surface area contributed by atoms with Gasteiger partial charge in [-0.1, -0.05) is 12.8 Å². The van der Waals surface area contributed by atoms with Gasteiger partial charge in [0.1, 0.15) is 0 Å². The van der Waals surface area contributed by atoms with Crippen LogP contribution in [0.1, 0.15) is 32.1 Å². The number of carboxylic acid groups (broad SMARTS) is 1. The summed E-state index contributed by atoms with van der Waals surface area (Å²) in [7, 11) is 3.02. The van der Waals surface area contributed by atoms with Crippen molar-refractivity contribution in [3.63, 3.8) is 0 Å². The SMILES string of the molecule is COc1cc(OC)nc(NC2(CC(=O)O)CCCC2)n1. The summed E-state index contributed by atoms with van der Waals surface area (Å²) in [6, 6.07) is 1.57. The molecule has 0 unspecified atom stereocenters. The van der Waals surface area contributed by atoms with Gasteiger partial charge in [-0.2, -0.15) is 9.97 Å². The summed E-state index contributed by atoms with van der Waals surface area (Å²) in [5.74, 6) is 0.268. The Labute approximate surface area is 117 Å². The van der Waals surface area contributed by atoms with Gasteiger partial charge in [0, 0.05) is 0 Å². The molecule has 0 bridgehead atoms. The maximum Gasteiger partial charge on any atom is 0.305 e. The molecule has 1 aromatic rings. The van der Waals surface area contributed by atoms with Gasteiger partial charge in [-0.05, 0) is 12.8 Å². The Morgan fingerprint density at radius 2 is 1.85 bits per heavy atom. The Morgan fingerprint density at radius 1 is 1.30 bits per heavy atom. The summed E-state index contributed by atoms with van der Waals surface area (Å²) in [4.78, 5) is 19.5. The van der Waals surface area contributed by atoms with Crippen LogP contribution >= 0.6 is 0 Å². The molecule has 0 atom stereocenters. The van der Waals surface area contributed by atoms with Crippen molar-refractivity contribution in [2.45, 2.75) is 37.6 Å². The van der Waals surface area contributed by atoms with Crippen LogP contribution in [0.25, 0.3) is 0 Å². The largest absolute Gasteiger partial charge is 0.481 e. The second-order valence-electron chi connectivity index (χ2n) is 4.96. The summed E-state index contributed by atoms with van der Waals surface area (Å²) < 4.78 is 10.2. The highest BCUT2D eigenvalue weighted by Gasteiger charge is 2.36. The van der Waals surface area contributed by atoms with E-state index in [1.165, 1.54) is 14.2 Å². The Morgan fingerprint density at radius 3 is 2.30 bits per heavy atom. The summed E-state index contributed by atoms with van der Waals surface area (Å²) in [5.41, 5.74) is -0.483. The molecule has 2 N–H and O–H groups in total. The molecule has 0 saturated heterocycles. The quantitative estimate of drug-likeness (QED) is 0.819. The minimum absolute atomic E-state index is 0.0515. The number of methoxy groups -OCH3 is 2. The van der Waals surface area contributed by atoms with Gasteiger partial charge in [-0.3, -0.25) is 4.79 Å². The Kier molecular flexibility index (Phi) is 4.26. The second-order valence-corrected chi connectivity index (χ2v) is 4.96. The highest BCUT2D eigenvalue weighted by Crippen LogP contribution is 2.35. The van der Waals surface area contributed by atoms with E-state index in [2.05, 4.69) is 15.3 Å².